The van der Waals surface area contributed by atoms with E-state index in [9.17, 15) is 30.3 Å². The van der Waals surface area contributed by atoms with Crippen molar-refractivity contribution in [3.8, 4) is 11.5 Å². The summed E-state index contributed by atoms with van der Waals surface area (Å²) in [5.74, 6) is 0.842. The van der Waals surface area contributed by atoms with Gasteiger partial charge in [0.05, 0.1) is 19.3 Å². The fourth-order valence-electron chi connectivity index (χ4n) is 4.09. The van der Waals surface area contributed by atoms with Crippen LogP contribution in [0, 0.1) is 0 Å². The Labute approximate surface area is 188 Å². The molecule has 1 aromatic heterocycles. The zero-order valence-electron chi connectivity index (χ0n) is 18.4. The van der Waals surface area contributed by atoms with E-state index in [4.69, 9.17) is 23.4 Å². The summed E-state index contributed by atoms with van der Waals surface area (Å²) in [6.07, 6.45) is -7.33. The summed E-state index contributed by atoms with van der Waals surface area (Å²) in [6.45, 7) is 2.37. The molecule has 3 heterocycles. The zero-order valence-corrected chi connectivity index (χ0v) is 18.4. The van der Waals surface area contributed by atoms with Gasteiger partial charge in [-0.15, -0.1) is 0 Å². The van der Waals surface area contributed by atoms with Crippen molar-refractivity contribution in [2.45, 2.75) is 69.3 Å². The lowest BCUT2D eigenvalue weighted by Crippen LogP contribution is -2.59. The van der Waals surface area contributed by atoms with Gasteiger partial charge in [-0.25, -0.2) is 0 Å². The Morgan fingerprint density at radius 3 is 2.52 bits per heavy atom. The number of fused-ring (bicyclic) bond motifs is 2. The van der Waals surface area contributed by atoms with Gasteiger partial charge in [0.15, 0.2) is 11.7 Å². The fourth-order valence-corrected chi connectivity index (χ4v) is 4.09. The highest BCUT2D eigenvalue weighted by Crippen LogP contribution is 2.43. The van der Waals surface area contributed by atoms with Crippen LogP contribution in [0.25, 0.3) is 11.0 Å². The predicted molar refractivity (Wildman–Crippen MR) is 112 cm³/mol. The number of benzene rings is 1. The highest BCUT2D eigenvalue weighted by atomic mass is 16.7. The van der Waals surface area contributed by atoms with Gasteiger partial charge >= 0.3 is 0 Å². The maximum absolute atomic E-state index is 12.9. The van der Waals surface area contributed by atoms with E-state index in [0.717, 1.165) is 0 Å². The predicted octanol–water partition coefficient (Wildman–Crippen LogP) is -0.808. The van der Waals surface area contributed by atoms with Crippen LogP contribution in [0.4, 0.5) is 0 Å². The first-order valence-corrected chi connectivity index (χ1v) is 10.5. The van der Waals surface area contributed by atoms with Gasteiger partial charge in [-0.05, 0) is 13.8 Å². The van der Waals surface area contributed by atoms with Crippen molar-refractivity contribution >= 4 is 11.0 Å². The van der Waals surface area contributed by atoms with Gasteiger partial charge < -0.3 is 48.9 Å². The SMILES string of the molecule is COc1c2c(cc3oc(CO[C@@H]4O[C@@H](CO)[C@@H](O)[C@@H](O)[C@H]4O)cc(=O)c13)O[C@H](C(C)(C)O)C2. The monoisotopic (exact) mass is 468 g/mol. The van der Waals surface area contributed by atoms with E-state index >= 15 is 0 Å². The molecule has 0 unspecified atom stereocenters. The summed E-state index contributed by atoms with van der Waals surface area (Å²) in [5.41, 5.74) is -0.662. The van der Waals surface area contributed by atoms with Crippen molar-refractivity contribution in [1.29, 1.82) is 0 Å². The zero-order chi connectivity index (χ0) is 24.1. The molecule has 1 aromatic carbocycles. The fraction of sp³-hybridized carbons (Fsp3) is 0.591. The third kappa shape index (κ3) is 4.33. The molecule has 11 heteroatoms. The Morgan fingerprint density at radius 2 is 1.88 bits per heavy atom. The number of rotatable bonds is 6. The molecule has 11 nitrogen and oxygen atoms in total. The highest BCUT2D eigenvalue weighted by molar-refractivity contribution is 5.87. The Morgan fingerprint density at radius 1 is 1.15 bits per heavy atom. The largest absolute Gasteiger partial charge is 0.495 e. The van der Waals surface area contributed by atoms with E-state index in [2.05, 4.69) is 0 Å². The molecule has 182 valence electrons. The Hall–Kier alpha value is -2.25. The van der Waals surface area contributed by atoms with E-state index in [1.165, 1.54) is 13.2 Å². The van der Waals surface area contributed by atoms with Crippen LogP contribution in [-0.2, 0) is 22.5 Å². The molecule has 0 radical (unpaired) electrons. The molecule has 0 bridgehead atoms. The number of aliphatic hydroxyl groups is 5. The number of methoxy groups -OCH3 is 1. The van der Waals surface area contributed by atoms with Crippen LogP contribution in [0.1, 0.15) is 25.2 Å². The second kappa shape index (κ2) is 8.84. The van der Waals surface area contributed by atoms with Crippen LogP contribution < -0.4 is 14.9 Å². The number of hydrogen-bond acceptors (Lipinski definition) is 11. The van der Waals surface area contributed by atoms with Crippen molar-refractivity contribution in [1.82, 2.24) is 0 Å². The van der Waals surface area contributed by atoms with Gasteiger partial charge in [-0.1, -0.05) is 0 Å². The Kier molecular flexibility index (Phi) is 6.40. The standard InChI is InChI=1S/C22H28O11/c1-22(2,28)15-5-10-12(32-15)6-13-16(20(10)29-3)11(24)4-9(31-13)8-30-21-19(27)18(26)17(25)14(7-23)33-21/h4,6,14-15,17-19,21,23,25-28H,5,7-8H2,1-3H3/t14-,15-,17+,18+,19+,21+/m0/s1. The minimum atomic E-state index is -1.59. The third-order valence-electron chi connectivity index (χ3n) is 5.98. The molecule has 5 N–H and O–H groups in total. The third-order valence-corrected chi connectivity index (χ3v) is 5.98. The molecule has 2 aromatic rings. The molecule has 4 rings (SSSR count). The van der Waals surface area contributed by atoms with E-state index in [1.807, 2.05) is 0 Å². The lowest BCUT2D eigenvalue weighted by molar-refractivity contribution is -0.304. The summed E-state index contributed by atoms with van der Waals surface area (Å²) >= 11 is 0. The average molecular weight is 468 g/mol. The highest BCUT2D eigenvalue weighted by Gasteiger charge is 2.44. The lowest BCUT2D eigenvalue weighted by atomic mass is 9.96. The second-order valence-electron chi connectivity index (χ2n) is 8.81. The second-order valence-corrected chi connectivity index (χ2v) is 8.81. The van der Waals surface area contributed by atoms with Crippen LogP contribution in [0.15, 0.2) is 21.3 Å². The molecule has 33 heavy (non-hydrogen) atoms. The molecule has 2 aliphatic rings. The minimum Gasteiger partial charge on any atom is -0.495 e. The van der Waals surface area contributed by atoms with Gasteiger partial charge in [-0.2, -0.15) is 0 Å². The Balaban J connectivity index is 1.61. The molecule has 1 fully saturated rings. The smallest absolute Gasteiger partial charge is 0.196 e. The quantitative estimate of drug-likeness (QED) is 0.360. The maximum Gasteiger partial charge on any atom is 0.196 e. The summed E-state index contributed by atoms with van der Waals surface area (Å²) < 4.78 is 27.9. The summed E-state index contributed by atoms with van der Waals surface area (Å²) in [7, 11) is 1.43. The van der Waals surface area contributed by atoms with E-state index in [1.54, 1.807) is 19.9 Å². The van der Waals surface area contributed by atoms with Crippen LogP contribution in [-0.4, -0.2) is 81.7 Å². The molecule has 0 spiro atoms. The number of hydrogen-bond donors (Lipinski definition) is 5. The lowest BCUT2D eigenvalue weighted by Gasteiger charge is -2.39. The van der Waals surface area contributed by atoms with E-state index < -0.39 is 54.4 Å². The van der Waals surface area contributed by atoms with Gasteiger partial charge in [0.25, 0.3) is 0 Å². The maximum atomic E-state index is 12.9. The van der Waals surface area contributed by atoms with Crippen molar-refractivity contribution in [2.75, 3.05) is 13.7 Å². The first-order chi connectivity index (χ1) is 15.5. The normalized spacial score (nSPS) is 29.7. The molecule has 0 amide bonds. The molecule has 1 saturated heterocycles. The van der Waals surface area contributed by atoms with Crippen molar-refractivity contribution in [2.24, 2.45) is 0 Å². The van der Waals surface area contributed by atoms with Crippen molar-refractivity contribution in [3.63, 3.8) is 0 Å². The van der Waals surface area contributed by atoms with E-state index in [-0.39, 0.29) is 23.3 Å². The molecular formula is C22H28O11. The first-order valence-electron chi connectivity index (χ1n) is 10.5. The number of aliphatic hydroxyl groups excluding tert-OH is 4. The number of ether oxygens (including phenoxy) is 4. The molecular weight excluding hydrogens is 440 g/mol. The summed E-state index contributed by atoms with van der Waals surface area (Å²) in [4.78, 5) is 12.9. The minimum absolute atomic E-state index is 0.100. The van der Waals surface area contributed by atoms with Gasteiger partial charge in [0.1, 0.15) is 65.4 Å². The Bertz CT molecular complexity index is 1070. The first kappa shape index (κ1) is 23.9. The van der Waals surface area contributed by atoms with Crippen molar-refractivity contribution < 1.29 is 48.9 Å². The van der Waals surface area contributed by atoms with Crippen LogP contribution in [0.2, 0.25) is 0 Å². The summed E-state index contributed by atoms with van der Waals surface area (Å²) in [5, 5.41) is 49.7. The van der Waals surface area contributed by atoms with E-state index in [0.29, 0.717) is 23.5 Å². The molecule has 2 aliphatic heterocycles. The van der Waals surface area contributed by atoms with Gasteiger partial charge in [0.2, 0.25) is 0 Å². The summed E-state index contributed by atoms with van der Waals surface area (Å²) in [6, 6.07) is 2.77. The van der Waals surface area contributed by atoms with Crippen LogP contribution in [0.3, 0.4) is 0 Å². The molecule has 0 aliphatic carbocycles. The topological polar surface area (TPSA) is 168 Å². The molecule has 6 atom stereocenters. The van der Waals surface area contributed by atoms with Crippen LogP contribution >= 0.6 is 0 Å². The van der Waals surface area contributed by atoms with Crippen molar-refractivity contribution in [3.05, 3.63) is 33.7 Å². The van der Waals surface area contributed by atoms with Crippen LogP contribution in [0.5, 0.6) is 11.5 Å². The average Bonchev–Trinajstić information content (AvgIpc) is 3.20. The molecule has 0 saturated carbocycles. The van der Waals surface area contributed by atoms with Gasteiger partial charge in [0, 0.05) is 24.1 Å². The van der Waals surface area contributed by atoms with Gasteiger partial charge in [-0.3, -0.25) is 4.79 Å².